The zero-order valence-electron chi connectivity index (χ0n) is 16.7. The number of aryl methyl sites for hydroxylation is 1. The molecule has 4 rings (SSSR count). The molecule has 2 aliphatic heterocycles. The minimum atomic E-state index is -1.09. The van der Waals surface area contributed by atoms with Crippen LogP contribution in [0.1, 0.15) is 19.9 Å². The topological polar surface area (TPSA) is 117 Å². The van der Waals surface area contributed by atoms with Crippen LogP contribution < -0.4 is 9.88 Å². The van der Waals surface area contributed by atoms with Crippen LogP contribution in [0.3, 0.4) is 0 Å². The SMILES string of the molecule is CC(C)[n+]1ccc(N[C@@H]2C(=O)N3C(C(=O)O)=C(CSc4nnnn4C)CS[C@H]23)cc1. The second-order valence-electron chi connectivity index (χ2n) is 7.29. The Morgan fingerprint density at radius 3 is 2.77 bits per heavy atom. The Morgan fingerprint density at radius 2 is 2.17 bits per heavy atom. The minimum Gasteiger partial charge on any atom is -0.477 e. The zero-order valence-corrected chi connectivity index (χ0v) is 18.4. The van der Waals surface area contributed by atoms with Gasteiger partial charge < -0.3 is 10.4 Å². The number of aliphatic carboxylic acids is 1. The van der Waals surface area contributed by atoms with Crippen LogP contribution in [-0.2, 0) is 16.6 Å². The molecule has 4 heterocycles. The van der Waals surface area contributed by atoms with Crippen molar-refractivity contribution in [1.29, 1.82) is 0 Å². The summed E-state index contributed by atoms with van der Waals surface area (Å²) in [5.74, 6) is -0.371. The van der Waals surface area contributed by atoms with E-state index in [2.05, 4.69) is 39.3 Å². The highest BCUT2D eigenvalue weighted by Crippen LogP contribution is 2.42. The van der Waals surface area contributed by atoms with Gasteiger partial charge in [-0.3, -0.25) is 9.69 Å². The lowest BCUT2D eigenvalue weighted by Gasteiger charge is -2.49. The number of carbonyl (C=O) groups is 2. The van der Waals surface area contributed by atoms with Crippen LogP contribution in [0.2, 0.25) is 0 Å². The number of β-lactam (4-membered cyclic amide) rings is 1. The third-order valence-corrected chi connectivity index (χ3v) is 7.41. The second kappa shape index (κ2) is 8.26. The van der Waals surface area contributed by atoms with Gasteiger partial charge in [0.2, 0.25) is 5.16 Å². The Kier molecular flexibility index (Phi) is 5.69. The molecule has 1 amide bonds. The van der Waals surface area contributed by atoms with Gasteiger partial charge in [0.25, 0.3) is 5.91 Å². The average molecular weight is 449 g/mol. The molecule has 2 aromatic rings. The van der Waals surface area contributed by atoms with Crippen molar-refractivity contribution in [3.63, 3.8) is 0 Å². The van der Waals surface area contributed by atoms with Crippen molar-refractivity contribution in [1.82, 2.24) is 25.1 Å². The number of anilines is 1. The standard InChI is InChI=1S/C18H21N7O3S2/c1-10(2)24-6-4-12(5-7-24)19-13-15(26)25-14(17(27)28)11(8-29-16(13)25)9-30-18-20-21-22-23(18)3/h4-7,10,13,16H,8-9H2,1-3H3,(H,27,28)/p+1/t13-,16-/m1/s1. The number of hydrogen-bond acceptors (Lipinski definition) is 8. The van der Waals surface area contributed by atoms with Crippen LogP contribution in [0.4, 0.5) is 5.69 Å². The molecule has 2 aliphatic rings. The lowest BCUT2D eigenvalue weighted by atomic mass is 10.0. The Morgan fingerprint density at radius 1 is 1.43 bits per heavy atom. The van der Waals surface area contributed by atoms with E-state index in [0.29, 0.717) is 28.3 Å². The maximum atomic E-state index is 12.8. The van der Waals surface area contributed by atoms with Gasteiger partial charge in [-0.25, -0.2) is 14.0 Å². The zero-order chi connectivity index (χ0) is 21.4. The van der Waals surface area contributed by atoms with E-state index in [1.165, 1.54) is 21.3 Å². The Balaban J connectivity index is 1.48. The van der Waals surface area contributed by atoms with Gasteiger partial charge in [-0.2, -0.15) is 0 Å². The number of nitrogens with zero attached hydrogens (tertiary/aromatic N) is 6. The third-order valence-electron chi connectivity index (χ3n) is 4.98. The molecule has 0 aliphatic carbocycles. The number of carboxylic acid groups (broad SMARTS) is 1. The van der Waals surface area contributed by atoms with Crippen molar-refractivity contribution >= 4 is 41.1 Å². The average Bonchev–Trinajstić information content (AvgIpc) is 3.14. The number of pyridine rings is 1. The highest BCUT2D eigenvalue weighted by molar-refractivity contribution is 8.01. The molecular formula is C18H22N7O3S2+. The summed E-state index contributed by atoms with van der Waals surface area (Å²) in [4.78, 5) is 26.2. The first-order chi connectivity index (χ1) is 14.4. The first-order valence-electron chi connectivity index (χ1n) is 9.39. The highest BCUT2D eigenvalue weighted by Gasteiger charge is 2.53. The van der Waals surface area contributed by atoms with E-state index in [0.717, 1.165) is 5.69 Å². The second-order valence-corrected chi connectivity index (χ2v) is 9.34. The van der Waals surface area contributed by atoms with Gasteiger partial charge in [0.05, 0.1) is 0 Å². The van der Waals surface area contributed by atoms with Crippen LogP contribution >= 0.6 is 23.5 Å². The van der Waals surface area contributed by atoms with Gasteiger partial charge in [-0.1, -0.05) is 11.8 Å². The summed E-state index contributed by atoms with van der Waals surface area (Å²) < 4.78 is 3.60. The van der Waals surface area contributed by atoms with Crippen molar-refractivity contribution < 1.29 is 19.3 Å². The summed E-state index contributed by atoms with van der Waals surface area (Å²) in [5, 5.41) is 24.6. The van der Waals surface area contributed by atoms with Gasteiger partial charge in [0, 0.05) is 36.4 Å². The van der Waals surface area contributed by atoms with Crippen molar-refractivity contribution in [3.05, 3.63) is 35.8 Å². The lowest BCUT2D eigenvalue weighted by Crippen LogP contribution is -2.67. The van der Waals surface area contributed by atoms with Crippen LogP contribution in [0, 0.1) is 0 Å². The van der Waals surface area contributed by atoms with E-state index in [1.807, 2.05) is 24.5 Å². The molecule has 0 saturated carbocycles. The van der Waals surface area contributed by atoms with Gasteiger partial charge in [0.1, 0.15) is 17.1 Å². The Labute approximate surface area is 181 Å². The van der Waals surface area contributed by atoms with E-state index < -0.39 is 12.0 Å². The summed E-state index contributed by atoms with van der Waals surface area (Å²) in [6, 6.07) is 3.75. The number of carboxylic acids is 1. The van der Waals surface area contributed by atoms with E-state index in [-0.39, 0.29) is 17.0 Å². The van der Waals surface area contributed by atoms with Crippen LogP contribution in [0.5, 0.6) is 0 Å². The summed E-state index contributed by atoms with van der Waals surface area (Å²) in [6.07, 6.45) is 3.92. The third kappa shape index (κ3) is 3.76. The number of fused-ring (bicyclic) bond motifs is 1. The molecule has 2 atom stereocenters. The van der Waals surface area contributed by atoms with Crippen LogP contribution in [0.25, 0.3) is 0 Å². The molecule has 0 unspecified atom stereocenters. The molecule has 2 N–H and O–H groups in total. The summed E-state index contributed by atoms with van der Waals surface area (Å²) in [7, 11) is 1.72. The molecule has 0 radical (unpaired) electrons. The summed E-state index contributed by atoms with van der Waals surface area (Å²) in [6.45, 7) is 4.19. The fourth-order valence-electron chi connectivity index (χ4n) is 3.35. The fraction of sp³-hybridized carbons (Fsp3) is 0.444. The quantitative estimate of drug-likeness (QED) is 0.362. The predicted octanol–water partition coefficient (Wildman–Crippen LogP) is 0.905. The van der Waals surface area contributed by atoms with Crippen molar-refractivity contribution in [3.8, 4) is 0 Å². The molecular weight excluding hydrogens is 426 g/mol. The van der Waals surface area contributed by atoms with Crippen LogP contribution in [0.15, 0.2) is 41.0 Å². The number of rotatable bonds is 7. The first-order valence-corrected chi connectivity index (χ1v) is 11.4. The molecule has 0 aromatic carbocycles. The molecule has 2 aromatic heterocycles. The van der Waals surface area contributed by atoms with Crippen molar-refractivity contribution in [2.75, 3.05) is 16.8 Å². The molecule has 1 fully saturated rings. The summed E-state index contributed by atoms with van der Waals surface area (Å²) >= 11 is 2.92. The molecule has 10 nitrogen and oxygen atoms in total. The largest absolute Gasteiger partial charge is 0.477 e. The van der Waals surface area contributed by atoms with E-state index in [9.17, 15) is 14.7 Å². The number of thioether (sulfide) groups is 2. The Bertz CT molecular complexity index is 1010. The number of hydrogen-bond donors (Lipinski definition) is 2. The highest BCUT2D eigenvalue weighted by atomic mass is 32.2. The van der Waals surface area contributed by atoms with E-state index >= 15 is 0 Å². The monoisotopic (exact) mass is 448 g/mol. The fourth-order valence-corrected chi connectivity index (χ4v) is 5.68. The van der Waals surface area contributed by atoms with Crippen molar-refractivity contribution in [2.45, 2.75) is 36.5 Å². The predicted molar refractivity (Wildman–Crippen MR) is 112 cm³/mol. The van der Waals surface area contributed by atoms with Gasteiger partial charge in [-0.15, -0.1) is 16.9 Å². The number of nitrogens with one attached hydrogen (secondary N) is 1. The number of amides is 1. The Hall–Kier alpha value is -2.60. The molecule has 30 heavy (non-hydrogen) atoms. The normalized spacial score (nSPS) is 20.9. The number of aromatic nitrogens is 5. The number of tetrazole rings is 1. The van der Waals surface area contributed by atoms with Gasteiger partial charge in [-0.05, 0) is 29.8 Å². The first kappa shape index (κ1) is 20.7. The molecule has 0 spiro atoms. The van der Waals surface area contributed by atoms with E-state index in [1.54, 1.807) is 18.8 Å². The van der Waals surface area contributed by atoms with Crippen molar-refractivity contribution in [2.24, 2.45) is 7.05 Å². The van der Waals surface area contributed by atoms with Gasteiger partial charge >= 0.3 is 5.97 Å². The van der Waals surface area contributed by atoms with E-state index in [4.69, 9.17) is 0 Å². The minimum absolute atomic E-state index is 0.0788. The summed E-state index contributed by atoms with van der Waals surface area (Å²) in [5.41, 5.74) is 1.61. The molecule has 12 heteroatoms. The molecule has 0 bridgehead atoms. The lowest BCUT2D eigenvalue weighted by molar-refractivity contribution is -0.716. The molecule has 158 valence electrons. The maximum Gasteiger partial charge on any atom is 0.352 e. The molecule has 1 saturated heterocycles. The maximum absolute atomic E-state index is 12.8. The smallest absolute Gasteiger partial charge is 0.352 e. The number of carbonyl (C=O) groups excluding carboxylic acids is 1. The van der Waals surface area contributed by atoms with Gasteiger partial charge in [0.15, 0.2) is 18.4 Å². The van der Waals surface area contributed by atoms with Crippen LogP contribution in [-0.4, -0.2) is 65.0 Å².